The second kappa shape index (κ2) is 5.70. The van der Waals surface area contributed by atoms with Gasteiger partial charge in [0.15, 0.2) is 0 Å². The molecular formula is C11H15NO3. The van der Waals surface area contributed by atoms with E-state index in [0.717, 1.165) is 25.2 Å². The Hall–Kier alpha value is -1.10. The second-order valence-corrected chi connectivity index (χ2v) is 3.44. The highest BCUT2D eigenvalue weighted by Gasteiger charge is 2.15. The Morgan fingerprint density at radius 2 is 2.20 bits per heavy atom. The second-order valence-electron chi connectivity index (χ2n) is 3.44. The van der Waals surface area contributed by atoms with Crippen molar-refractivity contribution in [1.29, 1.82) is 0 Å². The Morgan fingerprint density at radius 1 is 1.33 bits per heavy atom. The zero-order chi connectivity index (χ0) is 10.3. The summed E-state index contributed by atoms with van der Waals surface area (Å²) in [5.74, 6) is 0.727. The lowest BCUT2D eigenvalue weighted by Gasteiger charge is -2.10. The van der Waals surface area contributed by atoms with Crippen LogP contribution >= 0.6 is 0 Å². The summed E-state index contributed by atoms with van der Waals surface area (Å²) in [5, 5.41) is 0. The monoisotopic (exact) mass is 209 g/mol. The molecule has 4 nitrogen and oxygen atoms in total. The zero-order valence-electron chi connectivity index (χ0n) is 8.52. The van der Waals surface area contributed by atoms with Crippen molar-refractivity contribution < 1.29 is 14.4 Å². The lowest BCUT2D eigenvalue weighted by Crippen LogP contribution is -2.25. The molecule has 1 aromatic carbocycles. The van der Waals surface area contributed by atoms with Crippen molar-refractivity contribution in [3.05, 3.63) is 30.3 Å². The van der Waals surface area contributed by atoms with Gasteiger partial charge in [0.1, 0.15) is 5.75 Å². The molecule has 1 aromatic rings. The Morgan fingerprint density at radius 3 is 2.93 bits per heavy atom. The van der Waals surface area contributed by atoms with E-state index in [1.54, 1.807) is 0 Å². The average Bonchev–Trinajstić information content (AvgIpc) is 2.79. The highest BCUT2D eigenvalue weighted by atomic mass is 16.9. The summed E-state index contributed by atoms with van der Waals surface area (Å²) < 4.78 is 5.38. The first kappa shape index (κ1) is 10.4. The number of nitrogens with one attached hydrogen (secondary N) is 1. The van der Waals surface area contributed by atoms with Crippen LogP contribution in [0.4, 0.5) is 0 Å². The molecule has 0 saturated carbocycles. The van der Waals surface area contributed by atoms with Crippen molar-refractivity contribution >= 4 is 0 Å². The molecule has 1 unspecified atom stereocenters. The quantitative estimate of drug-likeness (QED) is 0.591. The van der Waals surface area contributed by atoms with Gasteiger partial charge in [0.2, 0.25) is 0 Å². The van der Waals surface area contributed by atoms with Gasteiger partial charge >= 0.3 is 0 Å². The van der Waals surface area contributed by atoms with Crippen LogP contribution in [0.2, 0.25) is 0 Å². The maximum atomic E-state index is 5.38. The summed E-state index contributed by atoms with van der Waals surface area (Å²) in [6.45, 7) is 1.36. The average molecular weight is 209 g/mol. The van der Waals surface area contributed by atoms with Crippen LogP contribution in [0.15, 0.2) is 30.3 Å². The first-order valence-corrected chi connectivity index (χ1v) is 5.15. The largest absolute Gasteiger partial charge is 0.383 e. The minimum Gasteiger partial charge on any atom is -0.383 e. The third-order valence-electron chi connectivity index (χ3n) is 2.25. The van der Waals surface area contributed by atoms with E-state index in [-0.39, 0.29) is 6.10 Å². The summed E-state index contributed by atoms with van der Waals surface area (Å²) in [4.78, 5) is 10.3. The number of hydrogen-bond donors (Lipinski definition) is 1. The fourth-order valence-electron chi connectivity index (χ4n) is 1.47. The van der Waals surface area contributed by atoms with Gasteiger partial charge in [0, 0.05) is 6.61 Å². The van der Waals surface area contributed by atoms with Gasteiger partial charge in [-0.05, 0) is 30.6 Å². The third-order valence-corrected chi connectivity index (χ3v) is 2.25. The summed E-state index contributed by atoms with van der Waals surface area (Å²) in [6, 6.07) is 9.43. The van der Waals surface area contributed by atoms with Crippen molar-refractivity contribution in [3.8, 4) is 5.75 Å². The summed E-state index contributed by atoms with van der Waals surface area (Å²) in [5.41, 5.74) is 2.45. The SMILES string of the molecule is c1ccc(ONOCC2CCCO2)cc1. The van der Waals surface area contributed by atoms with Gasteiger partial charge in [-0.25, -0.2) is 0 Å². The van der Waals surface area contributed by atoms with Crippen molar-refractivity contribution in [1.82, 2.24) is 5.64 Å². The van der Waals surface area contributed by atoms with Gasteiger partial charge in [0.25, 0.3) is 0 Å². The number of rotatable bonds is 5. The first-order chi connectivity index (χ1) is 7.45. The van der Waals surface area contributed by atoms with Crippen LogP contribution in [0.1, 0.15) is 12.8 Å². The Bertz CT molecular complexity index is 272. The van der Waals surface area contributed by atoms with Crippen LogP contribution in [0.25, 0.3) is 0 Å². The van der Waals surface area contributed by atoms with Gasteiger partial charge in [-0.15, -0.1) is 0 Å². The van der Waals surface area contributed by atoms with E-state index >= 15 is 0 Å². The normalized spacial score (nSPS) is 20.4. The van der Waals surface area contributed by atoms with E-state index < -0.39 is 0 Å². The molecule has 4 heteroatoms. The Labute approximate surface area is 89.0 Å². The molecule has 2 rings (SSSR count). The fourth-order valence-corrected chi connectivity index (χ4v) is 1.47. The molecular weight excluding hydrogens is 194 g/mol. The highest BCUT2D eigenvalue weighted by Crippen LogP contribution is 2.11. The molecule has 1 aliphatic rings. The van der Waals surface area contributed by atoms with Crippen LogP contribution in [0.5, 0.6) is 5.75 Å². The third kappa shape index (κ3) is 3.51. The van der Waals surface area contributed by atoms with E-state index in [4.69, 9.17) is 14.4 Å². The molecule has 1 atom stereocenters. The topological polar surface area (TPSA) is 39.7 Å². The number of hydrogen-bond acceptors (Lipinski definition) is 4. The molecule has 0 radical (unpaired) electrons. The minimum atomic E-state index is 0.205. The van der Waals surface area contributed by atoms with Gasteiger partial charge in [-0.2, -0.15) is 0 Å². The van der Waals surface area contributed by atoms with E-state index in [1.165, 1.54) is 0 Å². The van der Waals surface area contributed by atoms with Crippen molar-refractivity contribution in [2.24, 2.45) is 0 Å². The van der Waals surface area contributed by atoms with Crippen LogP contribution in [0, 0.1) is 0 Å². The predicted octanol–water partition coefficient (Wildman–Crippen LogP) is 1.68. The van der Waals surface area contributed by atoms with Gasteiger partial charge < -0.3 is 9.57 Å². The molecule has 1 heterocycles. The maximum Gasteiger partial charge on any atom is 0.150 e. The first-order valence-electron chi connectivity index (χ1n) is 5.15. The maximum absolute atomic E-state index is 5.38. The molecule has 15 heavy (non-hydrogen) atoms. The molecule has 0 aliphatic carbocycles. The van der Waals surface area contributed by atoms with Crippen molar-refractivity contribution in [2.45, 2.75) is 18.9 Å². The van der Waals surface area contributed by atoms with Gasteiger partial charge in [0.05, 0.1) is 12.7 Å². The van der Waals surface area contributed by atoms with Crippen molar-refractivity contribution in [2.75, 3.05) is 13.2 Å². The van der Waals surface area contributed by atoms with Crippen LogP contribution < -0.4 is 10.5 Å². The van der Waals surface area contributed by atoms with Crippen LogP contribution in [-0.2, 0) is 9.57 Å². The lowest BCUT2D eigenvalue weighted by atomic mass is 10.2. The highest BCUT2D eigenvalue weighted by molar-refractivity contribution is 5.20. The van der Waals surface area contributed by atoms with E-state index in [9.17, 15) is 0 Å². The lowest BCUT2D eigenvalue weighted by molar-refractivity contribution is -0.131. The summed E-state index contributed by atoms with van der Waals surface area (Å²) >= 11 is 0. The van der Waals surface area contributed by atoms with E-state index in [2.05, 4.69) is 5.64 Å². The van der Waals surface area contributed by atoms with Crippen molar-refractivity contribution in [3.63, 3.8) is 0 Å². The van der Waals surface area contributed by atoms with E-state index in [0.29, 0.717) is 6.61 Å². The molecule has 1 saturated heterocycles. The zero-order valence-corrected chi connectivity index (χ0v) is 8.52. The standard InChI is InChI=1S/C11H15NO3/c1-2-5-10(6-3-1)15-12-14-9-11-7-4-8-13-11/h1-3,5-6,11-12H,4,7-9H2. The van der Waals surface area contributed by atoms with Crippen LogP contribution in [0.3, 0.4) is 0 Å². The minimum absolute atomic E-state index is 0.205. The molecule has 0 aromatic heterocycles. The number of para-hydroxylation sites is 1. The molecule has 1 N–H and O–H groups in total. The molecule has 0 amide bonds. The smallest absolute Gasteiger partial charge is 0.150 e. The Balaban J connectivity index is 1.59. The summed E-state index contributed by atoms with van der Waals surface area (Å²) in [7, 11) is 0. The number of ether oxygens (including phenoxy) is 1. The Kier molecular flexibility index (Phi) is 3.96. The van der Waals surface area contributed by atoms with Gasteiger partial charge in [-0.1, -0.05) is 18.2 Å². The van der Waals surface area contributed by atoms with Crippen LogP contribution in [-0.4, -0.2) is 19.3 Å². The predicted molar refractivity (Wildman–Crippen MR) is 55.1 cm³/mol. The molecule has 1 fully saturated rings. The molecule has 1 aliphatic heterocycles. The van der Waals surface area contributed by atoms with E-state index in [1.807, 2.05) is 30.3 Å². The molecule has 0 bridgehead atoms. The fraction of sp³-hybridized carbons (Fsp3) is 0.455. The molecule has 0 spiro atoms. The van der Waals surface area contributed by atoms with Gasteiger partial charge in [-0.3, -0.25) is 4.84 Å². The summed E-state index contributed by atoms with van der Waals surface area (Å²) in [6.07, 6.45) is 2.39. The molecule has 82 valence electrons. The number of benzene rings is 1.